The highest BCUT2D eigenvalue weighted by atomic mass is 16.5. The van der Waals surface area contributed by atoms with E-state index in [2.05, 4.69) is 63.6 Å². The Bertz CT molecular complexity index is 1080. The first-order valence-electron chi connectivity index (χ1n) is 11.6. The first-order chi connectivity index (χ1) is 16.5. The van der Waals surface area contributed by atoms with E-state index in [0.717, 1.165) is 30.9 Å². The number of hydrogen-bond donors (Lipinski definition) is 1. The smallest absolute Gasteiger partial charge is 0.258 e. The lowest BCUT2D eigenvalue weighted by molar-refractivity contribution is -0.123. The number of carbonyl (C=O) groups is 1. The fourth-order valence-electron chi connectivity index (χ4n) is 4.32. The molecule has 0 fully saturated rings. The number of hydrogen-bond acceptors (Lipinski definition) is 5. The molecule has 3 aromatic rings. The van der Waals surface area contributed by atoms with Gasteiger partial charge in [-0.15, -0.1) is 0 Å². The Morgan fingerprint density at radius 3 is 2.32 bits per heavy atom. The van der Waals surface area contributed by atoms with Crippen molar-refractivity contribution in [2.45, 2.75) is 19.0 Å². The second-order valence-corrected chi connectivity index (χ2v) is 8.76. The normalized spacial score (nSPS) is 14.1. The zero-order chi connectivity index (χ0) is 23.9. The summed E-state index contributed by atoms with van der Waals surface area (Å²) in [5.74, 6) is 1.26. The number of methoxy groups -OCH3 is 1. The molecule has 1 aliphatic rings. The molecule has 3 aromatic carbocycles. The van der Waals surface area contributed by atoms with E-state index in [9.17, 15) is 4.79 Å². The van der Waals surface area contributed by atoms with E-state index in [1.807, 2.05) is 26.2 Å². The van der Waals surface area contributed by atoms with Crippen molar-refractivity contribution in [1.29, 1.82) is 0 Å². The Labute approximate surface area is 202 Å². The average molecular weight is 460 g/mol. The highest BCUT2D eigenvalue weighted by Crippen LogP contribution is 2.28. The lowest BCUT2D eigenvalue weighted by atomic mass is 9.96. The molecule has 1 aliphatic heterocycles. The van der Waals surface area contributed by atoms with Gasteiger partial charge in [-0.05, 0) is 59.5 Å². The number of nitrogens with zero attached hydrogens (tertiary/aromatic N) is 2. The van der Waals surface area contributed by atoms with Gasteiger partial charge >= 0.3 is 0 Å². The van der Waals surface area contributed by atoms with Crippen LogP contribution in [0.15, 0.2) is 72.8 Å². The van der Waals surface area contributed by atoms with Crippen LogP contribution >= 0.6 is 0 Å². The number of carbonyl (C=O) groups excluding carboxylic acids is 1. The van der Waals surface area contributed by atoms with Gasteiger partial charge in [0.15, 0.2) is 6.61 Å². The lowest BCUT2D eigenvalue weighted by Gasteiger charge is -2.36. The minimum atomic E-state index is -0.136. The number of ether oxygens (including phenoxy) is 2. The second kappa shape index (κ2) is 11.1. The summed E-state index contributed by atoms with van der Waals surface area (Å²) < 4.78 is 10.8. The van der Waals surface area contributed by atoms with Crippen LogP contribution in [0.1, 0.15) is 22.7 Å². The van der Waals surface area contributed by atoms with Crippen molar-refractivity contribution in [2.75, 3.05) is 45.8 Å². The van der Waals surface area contributed by atoms with Crippen LogP contribution in [-0.4, -0.2) is 51.7 Å². The van der Waals surface area contributed by atoms with Gasteiger partial charge < -0.3 is 19.7 Å². The number of nitrogens with one attached hydrogen (secondary N) is 1. The Kier molecular flexibility index (Phi) is 7.70. The Balaban J connectivity index is 1.43. The molecule has 0 aromatic heterocycles. The molecule has 1 heterocycles. The third-order valence-electron chi connectivity index (χ3n) is 6.32. The summed E-state index contributed by atoms with van der Waals surface area (Å²) in [6, 6.07) is 24.5. The molecular formula is C28H33N3O3. The molecule has 1 atom stereocenters. The quantitative estimate of drug-likeness (QED) is 0.523. The molecule has 34 heavy (non-hydrogen) atoms. The third kappa shape index (κ3) is 5.88. The highest BCUT2D eigenvalue weighted by molar-refractivity contribution is 5.77. The Hall–Kier alpha value is -3.51. The fraction of sp³-hybridized carbons (Fsp3) is 0.321. The number of anilines is 1. The molecule has 0 bridgehead atoms. The maximum atomic E-state index is 12.6. The second-order valence-electron chi connectivity index (χ2n) is 8.76. The van der Waals surface area contributed by atoms with Gasteiger partial charge in [0.05, 0.1) is 13.2 Å². The summed E-state index contributed by atoms with van der Waals surface area (Å²) in [6.45, 7) is 2.32. The van der Waals surface area contributed by atoms with E-state index in [-0.39, 0.29) is 18.6 Å². The number of rotatable bonds is 9. The largest absolute Gasteiger partial charge is 0.497 e. The van der Waals surface area contributed by atoms with Crippen LogP contribution in [0.3, 0.4) is 0 Å². The number of amides is 1. The van der Waals surface area contributed by atoms with Crippen LogP contribution in [0.25, 0.3) is 0 Å². The Morgan fingerprint density at radius 1 is 0.971 bits per heavy atom. The van der Waals surface area contributed by atoms with Crippen LogP contribution in [0.4, 0.5) is 5.69 Å². The predicted octanol–water partition coefficient (Wildman–Crippen LogP) is 4.06. The van der Waals surface area contributed by atoms with Gasteiger partial charge in [0.1, 0.15) is 11.5 Å². The molecule has 0 saturated carbocycles. The minimum Gasteiger partial charge on any atom is -0.497 e. The summed E-state index contributed by atoms with van der Waals surface area (Å²) >= 11 is 0. The molecule has 1 amide bonds. The molecule has 0 aliphatic carbocycles. The number of benzene rings is 3. The first-order valence-corrected chi connectivity index (χ1v) is 11.6. The van der Waals surface area contributed by atoms with Gasteiger partial charge in [0, 0.05) is 39.4 Å². The van der Waals surface area contributed by atoms with Crippen molar-refractivity contribution in [1.82, 2.24) is 10.2 Å². The Morgan fingerprint density at radius 2 is 1.65 bits per heavy atom. The van der Waals surface area contributed by atoms with Crippen LogP contribution in [0, 0.1) is 0 Å². The monoisotopic (exact) mass is 459 g/mol. The van der Waals surface area contributed by atoms with Gasteiger partial charge in [-0.1, -0.05) is 36.4 Å². The van der Waals surface area contributed by atoms with E-state index >= 15 is 0 Å². The van der Waals surface area contributed by atoms with Crippen molar-refractivity contribution in [3.8, 4) is 11.5 Å². The minimum absolute atomic E-state index is 0.0263. The number of fused-ring (bicyclic) bond motifs is 1. The van der Waals surface area contributed by atoms with Crippen LogP contribution in [0.5, 0.6) is 11.5 Å². The summed E-state index contributed by atoms with van der Waals surface area (Å²) in [5.41, 5.74) is 5.12. The summed E-state index contributed by atoms with van der Waals surface area (Å²) in [5, 5.41) is 3.09. The average Bonchev–Trinajstić information content (AvgIpc) is 2.88. The molecule has 0 spiro atoms. The zero-order valence-electron chi connectivity index (χ0n) is 20.2. The van der Waals surface area contributed by atoms with E-state index in [4.69, 9.17) is 9.47 Å². The fourth-order valence-corrected chi connectivity index (χ4v) is 4.32. The summed E-state index contributed by atoms with van der Waals surface area (Å²) in [7, 11) is 5.70. The van der Waals surface area contributed by atoms with Gasteiger partial charge in [-0.2, -0.15) is 0 Å². The van der Waals surface area contributed by atoms with Crippen molar-refractivity contribution >= 4 is 11.6 Å². The summed E-state index contributed by atoms with van der Waals surface area (Å²) in [4.78, 5) is 17.2. The maximum Gasteiger partial charge on any atom is 0.258 e. The van der Waals surface area contributed by atoms with E-state index in [0.29, 0.717) is 12.3 Å². The van der Waals surface area contributed by atoms with Crippen LogP contribution in [0.2, 0.25) is 0 Å². The van der Waals surface area contributed by atoms with Crippen molar-refractivity contribution in [3.63, 3.8) is 0 Å². The first kappa shape index (κ1) is 23.6. The highest BCUT2D eigenvalue weighted by Gasteiger charge is 2.25. The lowest BCUT2D eigenvalue weighted by Crippen LogP contribution is -2.41. The molecule has 6 nitrogen and oxygen atoms in total. The van der Waals surface area contributed by atoms with E-state index < -0.39 is 0 Å². The maximum absolute atomic E-state index is 12.6. The molecular weight excluding hydrogens is 426 g/mol. The van der Waals surface area contributed by atoms with Gasteiger partial charge in [-0.3, -0.25) is 9.69 Å². The zero-order valence-corrected chi connectivity index (χ0v) is 20.2. The van der Waals surface area contributed by atoms with Crippen LogP contribution < -0.4 is 19.7 Å². The van der Waals surface area contributed by atoms with E-state index in [1.165, 1.54) is 16.7 Å². The van der Waals surface area contributed by atoms with E-state index in [1.54, 1.807) is 19.2 Å². The molecule has 0 unspecified atom stereocenters. The van der Waals surface area contributed by atoms with Gasteiger partial charge in [0.2, 0.25) is 0 Å². The molecule has 178 valence electrons. The van der Waals surface area contributed by atoms with Crippen LogP contribution in [-0.2, 0) is 17.8 Å². The molecule has 0 radical (unpaired) electrons. The topological polar surface area (TPSA) is 54.0 Å². The predicted molar refractivity (Wildman–Crippen MR) is 136 cm³/mol. The standard InChI is InChI=1S/C28H33N3O3/c1-30(2)24-10-8-22(9-11-24)27(31-17-16-21-6-4-5-7-23(21)19-31)18-29-28(32)20-34-26-14-12-25(33-3)13-15-26/h4-15,27H,16-20H2,1-3H3,(H,29,32)/t27-/m1/s1. The van der Waals surface area contributed by atoms with Gasteiger partial charge in [0.25, 0.3) is 5.91 Å². The molecule has 1 N–H and O–H groups in total. The molecule has 6 heteroatoms. The molecule has 4 rings (SSSR count). The molecule has 0 saturated heterocycles. The van der Waals surface area contributed by atoms with Gasteiger partial charge in [-0.25, -0.2) is 0 Å². The third-order valence-corrected chi connectivity index (χ3v) is 6.32. The summed E-state index contributed by atoms with van der Waals surface area (Å²) in [6.07, 6.45) is 1.01. The van der Waals surface area contributed by atoms with Crippen molar-refractivity contribution in [2.24, 2.45) is 0 Å². The van der Waals surface area contributed by atoms with Crippen molar-refractivity contribution < 1.29 is 14.3 Å². The van der Waals surface area contributed by atoms with Crippen molar-refractivity contribution in [3.05, 3.63) is 89.5 Å². The SMILES string of the molecule is COc1ccc(OCC(=O)NC[C@H](c2ccc(N(C)C)cc2)N2CCc3ccccc3C2)cc1.